The number of aromatic nitrogens is 2. The number of rotatable bonds is 4. The van der Waals surface area contributed by atoms with Crippen LogP contribution in [0.4, 0.5) is 0 Å². The van der Waals surface area contributed by atoms with E-state index in [0.29, 0.717) is 21.6 Å². The Balaban J connectivity index is 1.48. The van der Waals surface area contributed by atoms with Gasteiger partial charge in [0.25, 0.3) is 5.91 Å². The Morgan fingerprint density at radius 1 is 1.06 bits per heavy atom. The normalized spacial score (nSPS) is 15.2. The fourth-order valence-corrected chi connectivity index (χ4v) is 5.32. The molecule has 1 aromatic heterocycles. The predicted octanol–water partition coefficient (Wildman–Crippen LogP) is 1.79. The molecule has 0 spiro atoms. The van der Waals surface area contributed by atoms with Crippen molar-refractivity contribution in [2.24, 2.45) is 0 Å². The van der Waals surface area contributed by atoms with Gasteiger partial charge >= 0.3 is 5.76 Å². The van der Waals surface area contributed by atoms with Crippen LogP contribution in [0.2, 0.25) is 0 Å². The van der Waals surface area contributed by atoms with E-state index in [1.54, 1.807) is 48.2 Å². The molecule has 9 nitrogen and oxygen atoms in total. The zero-order valence-electron chi connectivity index (χ0n) is 17.2. The molecule has 3 aromatic rings. The van der Waals surface area contributed by atoms with Crippen molar-refractivity contribution in [3.63, 3.8) is 0 Å². The van der Waals surface area contributed by atoms with Crippen molar-refractivity contribution in [3.05, 3.63) is 69.7 Å². The van der Waals surface area contributed by atoms with Gasteiger partial charge < -0.3 is 4.90 Å². The van der Waals surface area contributed by atoms with Gasteiger partial charge in [0.15, 0.2) is 5.82 Å². The van der Waals surface area contributed by atoms with E-state index in [1.165, 1.54) is 4.31 Å². The second-order valence-electron chi connectivity index (χ2n) is 7.49. The molecule has 0 unspecified atom stereocenters. The second-order valence-corrected chi connectivity index (χ2v) is 9.40. The first-order valence-electron chi connectivity index (χ1n) is 9.79. The molecule has 1 saturated heterocycles. The number of piperazine rings is 1. The molecule has 0 atom stereocenters. The number of nitrogens with one attached hydrogen (secondary N) is 1. The number of H-pyrrole nitrogens is 1. The van der Waals surface area contributed by atoms with Crippen LogP contribution in [0.5, 0.6) is 0 Å². The maximum Gasteiger partial charge on any atom is 0.439 e. The third-order valence-corrected chi connectivity index (χ3v) is 7.35. The minimum atomic E-state index is -3.63. The zero-order chi connectivity index (χ0) is 22.2. The first-order chi connectivity index (χ1) is 14.8. The smallest absolute Gasteiger partial charge is 0.336 e. The number of aryl methyl sites for hydroxylation is 2. The average molecular weight is 442 g/mol. The second kappa shape index (κ2) is 8.12. The molecular formula is C21H22N4O5S. The minimum Gasteiger partial charge on any atom is -0.336 e. The van der Waals surface area contributed by atoms with Gasteiger partial charge in [0, 0.05) is 37.3 Å². The Labute approximate surface area is 179 Å². The molecule has 0 aliphatic carbocycles. The zero-order valence-corrected chi connectivity index (χ0v) is 18.0. The summed E-state index contributed by atoms with van der Waals surface area (Å²) in [7, 11) is -3.63. The van der Waals surface area contributed by atoms with Crippen LogP contribution in [0.15, 0.2) is 56.7 Å². The van der Waals surface area contributed by atoms with Gasteiger partial charge in [-0.2, -0.15) is 4.31 Å². The van der Waals surface area contributed by atoms with E-state index in [0.717, 1.165) is 5.56 Å². The number of benzene rings is 2. The summed E-state index contributed by atoms with van der Waals surface area (Å²) >= 11 is 0. The Morgan fingerprint density at radius 2 is 1.81 bits per heavy atom. The lowest BCUT2D eigenvalue weighted by molar-refractivity contribution is 0.0698. The highest BCUT2D eigenvalue weighted by Gasteiger charge is 2.31. The molecule has 0 saturated carbocycles. The number of amides is 1. The van der Waals surface area contributed by atoms with E-state index in [9.17, 15) is 18.0 Å². The summed E-state index contributed by atoms with van der Waals surface area (Å²) in [6.07, 6.45) is 0. The van der Waals surface area contributed by atoms with Crippen LogP contribution in [0, 0.1) is 13.8 Å². The van der Waals surface area contributed by atoms with E-state index >= 15 is 0 Å². The molecule has 31 heavy (non-hydrogen) atoms. The highest BCUT2D eigenvalue weighted by Crippen LogP contribution is 2.23. The molecule has 1 fully saturated rings. The minimum absolute atomic E-state index is 0.212. The maximum absolute atomic E-state index is 13.1. The van der Waals surface area contributed by atoms with Gasteiger partial charge in [-0.25, -0.2) is 13.2 Å². The van der Waals surface area contributed by atoms with Gasteiger partial charge in [-0.1, -0.05) is 29.4 Å². The number of carbonyl (C=O) groups excluding carboxylic acids is 1. The van der Waals surface area contributed by atoms with E-state index in [2.05, 4.69) is 14.7 Å². The molecule has 4 rings (SSSR count). The van der Waals surface area contributed by atoms with E-state index in [1.807, 2.05) is 13.0 Å². The maximum atomic E-state index is 13.1. The van der Waals surface area contributed by atoms with Gasteiger partial charge in [-0.05, 0) is 43.2 Å². The van der Waals surface area contributed by atoms with Crippen LogP contribution in [0.25, 0.3) is 11.4 Å². The van der Waals surface area contributed by atoms with Crippen LogP contribution in [-0.2, 0) is 10.0 Å². The Kier molecular flexibility index (Phi) is 5.50. The number of sulfonamides is 1. The molecule has 1 amide bonds. The summed E-state index contributed by atoms with van der Waals surface area (Å²) in [5.41, 5.74) is 2.55. The quantitative estimate of drug-likeness (QED) is 0.659. The fourth-order valence-electron chi connectivity index (χ4n) is 3.59. The number of hydrogen-bond acceptors (Lipinski definition) is 6. The van der Waals surface area contributed by atoms with Crippen LogP contribution >= 0.6 is 0 Å². The van der Waals surface area contributed by atoms with E-state index in [4.69, 9.17) is 0 Å². The Hall–Kier alpha value is -3.24. The van der Waals surface area contributed by atoms with Crippen LogP contribution in [-0.4, -0.2) is 59.8 Å². The standard InChI is InChI=1S/C21H22N4O5S/c1-14-6-7-15(2)18(12-14)31(28,29)25-10-8-24(9-11-25)20(26)17-5-3-4-16(13-17)19-22-21(27)30-23-19/h3-7,12-13H,8-11H2,1-2H3,(H,22,23,27). The highest BCUT2D eigenvalue weighted by molar-refractivity contribution is 7.89. The molecule has 1 aliphatic heterocycles. The van der Waals surface area contributed by atoms with Gasteiger partial charge in [0.1, 0.15) is 0 Å². The average Bonchev–Trinajstić information content (AvgIpc) is 3.21. The van der Waals surface area contributed by atoms with Gasteiger partial charge in [-0.15, -0.1) is 0 Å². The van der Waals surface area contributed by atoms with Gasteiger partial charge in [0.05, 0.1) is 4.90 Å². The van der Waals surface area contributed by atoms with Crippen molar-refractivity contribution >= 4 is 15.9 Å². The molecule has 1 N–H and O–H groups in total. The molecule has 0 bridgehead atoms. The molecular weight excluding hydrogens is 420 g/mol. The lowest BCUT2D eigenvalue weighted by Gasteiger charge is -2.34. The monoisotopic (exact) mass is 442 g/mol. The lowest BCUT2D eigenvalue weighted by atomic mass is 10.1. The summed E-state index contributed by atoms with van der Waals surface area (Å²) in [5, 5.41) is 3.64. The molecule has 10 heteroatoms. The first-order valence-corrected chi connectivity index (χ1v) is 11.2. The third kappa shape index (κ3) is 4.17. The number of hydrogen-bond donors (Lipinski definition) is 1. The number of nitrogens with zero attached hydrogens (tertiary/aromatic N) is 3. The summed E-state index contributed by atoms with van der Waals surface area (Å²) in [6.45, 7) is 4.65. The first kappa shape index (κ1) is 21.0. The molecule has 1 aliphatic rings. The molecule has 162 valence electrons. The summed E-state index contributed by atoms with van der Waals surface area (Å²) in [6, 6.07) is 12.1. The van der Waals surface area contributed by atoms with Crippen LogP contribution in [0.3, 0.4) is 0 Å². The largest absolute Gasteiger partial charge is 0.439 e. The van der Waals surface area contributed by atoms with Crippen molar-refractivity contribution < 1.29 is 17.7 Å². The SMILES string of the molecule is Cc1ccc(C)c(S(=O)(=O)N2CCN(C(=O)c3cccc(-c4noc(=O)[nH]4)c3)CC2)c1. The van der Waals surface area contributed by atoms with Crippen LogP contribution in [0.1, 0.15) is 21.5 Å². The van der Waals surface area contributed by atoms with Crippen LogP contribution < -0.4 is 5.76 Å². The van der Waals surface area contributed by atoms with E-state index in [-0.39, 0.29) is 37.9 Å². The Bertz CT molecular complexity index is 1290. The Morgan fingerprint density at radius 3 is 2.48 bits per heavy atom. The fraction of sp³-hybridized carbons (Fsp3) is 0.286. The lowest BCUT2D eigenvalue weighted by Crippen LogP contribution is -2.50. The number of aromatic amines is 1. The van der Waals surface area contributed by atoms with Crippen molar-refractivity contribution in [2.75, 3.05) is 26.2 Å². The van der Waals surface area contributed by atoms with Gasteiger partial charge in [0.2, 0.25) is 10.0 Å². The highest BCUT2D eigenvalue weighted by atomic mass is 32.2. The van der Waals surface area contributed by atoms with Crippen molar-refractivity contribution in [1.29, 1.82) is 0 Å². The summed E-state index contributed by atoms with van der Waals surface area (Å²) in [4.78, 5) is 28.5. The van der Waals surface area contributed by atoms with Crippen molar-refractivity contribution in [3.8, 4) is 11.4 Å². The van der Waals surface area contributed by atoms with E-state index < -0.39 is 15.8 Å². The summed E-state index contributed by atoms with van der Waals surface area (Å²) in [5.74, 6) is -0.645. The van der Waals surface area contributed by atoms with Crippen molar-refractivity contribution in [1.82, 2.24) is 19.3 Å². The molecule has 2 heterocycles. The number of carbonyl (C=O) groups is 1. The summed E-state index contributed by atoms with van der Waals surface area (Å²) < 4.78 is 32.1. The van der Waals surface area contributed by atoms with Crippen molar-refractivity contribution in [2.45, 2.75) is 18.7 Å². The third-order valence-electron chi connectivity index (χ3n) is 5.31. The molecule has 2 aromatic carbocycles. The predicted molar refractivity (Wildman–Crippen MR) is 113 cm³/mol. The molecule has 0 radical (unpaired) electrons. The topological polar surface area (TPSA) is 117 Å². The van der Waals surface area contributed by atoms with Gasteiger partial charge in [-0.3, -0.25) is 14.3 Å².